The Balaban J connectivity index is 1.70. The zero-order valence-electron chi connectivity index (χ0n) is 15.3. The molecule has 2 fully saturated rings. The third kappa shape index (κ3) is 4.10. The summed E-state index contributed by atoms with van der Waals surface area (Å²) in [4.78, 5) is 20.4. The van der Waals surface area contributed by atoms with Crippen molar-refractivity contribution in [3.05, 3.63) is 64.0 Å². The number of anilines is 1. The third-order valence-electron chi connectivity index (χ3n) is 4.96. The lowest BCUT2D eigenvalue weighted by Gasteiger charge is -2.21. The molecule has 2 aliphatic rings. The first-order chi connectivity index (χ1) is 13.6. The summed E-state index contributed by atoms with van der Waals surface area (Å²) in [6, 6.07) is 14.8. The molecule has 0 spiro atoms. The smallest absolute Gasteiger partial charge is 0.271 e. The van der Waals surface area contributed by atoms with Crippen LogP contribution in [-0.2, 0) is 4.79 Å². The standard InChI is InChI=1S/C22H21ClN2O2S/c23-18-13-15(11-12-19(18)26)14-20-21(27)25(17-9-5-2-6-10-17)22(28-20)24-16-7-3-1-4-8-16/h2,5-6,9-14,16,26H,1,3-4,7-8H2/b20-14-,24-22?. The van der Waals surface area contributed by atoms with E-state index in [2.05, 4.69) is 0 Å². The van der Waals surface area contributed by atoms with E-state index in [-0.39, 0.29) is 22.7 Å². The Morgan fingerprint density at radius 1 is 1.11 bits per heavy atom. The van der Waals surface area contributed by atoms with Crippen LogP contribution < -0.4 is 4.90 Å². The summed E-state index contributed by atoms with van der Waals surface area (Å²) >= 11 is 7.41. The predicted octanol–water partition coefficient (Wildman–Crippen LogP) is 5.86. The number of para-hydroxylation sites is 1. The topological polar surface area (TPSA) is 52.9 Å². The lowest BCUT2D eigenvalue weighted by molar-refractivity contribution is -0.113. The number of amides is 1. The molecule has 1 saturated heterocycles. The maximum absolute atomic E-state index is 13.2. The van der Waals surface area contributed by atoms with Gasteiger partial charge in [0.15, 0.2) is 5.17 Å². The molecule has 6 heteroatoms. The van der Waals surface area contributed by atoms with Gasteiger partial charge in [-0.05, 0) is 60.5 Å². The van der Waals surface area contributed by atoms with E-state index in [1.165, 1.54) is 37.1 Å². The Morgan fingerprint density at radius 2 is 1.86 bits per heavy atom. The van der Waals surface area contributed by atoms with Crippen LogP contribution in [0.4, 0.5) is 5.69 Å². The van der Waals surface area contributed by atoms with Crippen molar-refractivity contribution in [2.75, 3.05) is 4.90 Å². The first-order valence-electron chi connectivity index (χ1n) is 9.47. The third-order valence-corrected chi connectivity index (χ3v) is 6.24. The normalized spacial score (nSPS) is 21.0. The lowest BCUT2D eigenvalue weighted by atomic mass is 9.96. The fraction of sp³-hybridized carbons (Fsp3) is 0.273. The van der Waals surface area contributed by atoms with Crippen LogP contribution in [0, 0.1) is 0 Å². The molecule has 2 aromatic carbocycles. The Labute approximate surface area is 173 Å². The molecule has 0 bridgehead atoms. The quantitative estimate of drug-likeness (QED) is 0.643. The van der Waals surface area contributed by atoms with E-state index in [1.54, 1.807) is 23.1 Å². The second-order valence-electron chi connectivity index (χ2n) is 7.00. The summed E-state index contributed by atoms with van der Waals surface area (Å²) in [5.41, 5.74) is 1.59. The molecular formula is C22H21ClN2O2S. The van der Waals surface area contributed by atoms with Crippen LogP contribution in [0.5, 0.6) is 5.75 Å². The zero-order chi connectivity index (χ0) is 19.5. The van der Waals surface area contributed by atoms with Crippen LogP contribution in [0.25, 0.3) is 6.08 Å². The number of phenols is 1. The molecule has 4 rings (SSSR count). The number of carbonyl (C=O) groups excluding carboxylic acids is 1. The van der Waals surface area contributed by atoms with Crippen molar-refractivity contribution in [2.24, 2.45) is 4.99 Å². The molecule has 0 unspecified atom stereocenters. The van der Waals surface area contributed by atoms with Crippen LogP contribution in [0.3, 0.4) is 0 Å². The predicted molar refractivity (Wildman–Crippen MR) is 117 cm³/mol. The highest BCUT2D eigenvalue weighted by Gasteiger charge is 2.35. The average molecular weight is 413 g/mol. The number of hydrogen-bond acceptors (Lipinski definition) is 4. The molecule has 144 valence electrons. The van der Waals surface area contributed by atoms with Crippen LogP contribution in [0.2, 0.25) is 5.02 Å². The van der Waals surface area contributed by atoms with E-state index in [1.807, 2.05) is 30.3 Å². The summed E-state index contributed by atoms with van der Waals surface area (Å²) in [5, 5.41) is 10.6. The zero-order valence-corrected chi connectivity index (χ0v) is 16.9. The molecule has 1 aliphatic carbocycles. The average Bonchev–Trinajstić information content (AvgIpc) is 3.01. The van der Waals surface area contributed by atoms with Gasteiger partial charge >= 0.3 is 0 Å². The van der Waals surface area contributed by atoms with Gasteiger partial charge in [0.2, 0.25) is 0 Å². The second-order valence-corrected chi connectivity index (χ2v) is 8.42. The number of amidine groups is 1. The van der Waals surface area contributed by atoms with Gasteiger partial charge in [0.1, 0.15) is 5.75 Å². The van der Waals surface area contributed by atoms with Crippen molar-refractivity contribution in [1.82, 2.24) is 0 Å². The van der Waals surface area contributed by atoms with Gasteiger partial charge in [0.05, 0.1) is 21.7 Å². The van der Waals surface area contributed by atoms with Crippen LogP contribution >= 0.6 is 23.4 Å². The molecular weight excluding hydrogens is 392 g/mol. The maximum Gasteiger partial charge on any atom is 0.271 e. The van der Waals surface area contributed by atoms with Gasteiger partial charge in [-0.1, -0.05) is 55.1 Å². The summed E-state index contributed by atoms with van der Waals surface area (Å²) in [7, 11) is 0. The van der Waals surface area contributed by atoms with Crippen molar-refractivity contribution in [3.63, 3.8) is 0 Å². The van der Waals surface area contributed by atoms with E-state index in [0.29, 0.717) is 4.91 Å². The van der Waals surface area contributed by atoms with Gasteiger partial charge in [0, 0.05) is 0 Å². The van der Waals surface area contributed by atoms with E-state index in [0.717, 1.165) is 29.3 Å². The summed E-state index contributed by atoms with van der Waals surface area (Å²) < 4.78 is 0. The minimum absolute atomic E-state index is 0.0275. The molecule has 1 aliphatic heterocycles. The van der Waals surface area contributed by atoms with E-state index in [9.17, 15) is 9.90 Å². The second kappa shape index (κ2) is 8.41. The Hall–Kier alpha value is -2.24. The molecule has 4 nitrogen and oxygen atoms in total. The monoisotopic (exact) mass is 412 g/mol. The summed E-state index contributed by atoms with van der Waals surface area (Å²) in [6.45, 7) is 0. The number of hydrogen-bond donors (Lipinski definition) is 1. The highest BCUT2D eigenvalue weighted by molar-refractivity contribution is 8.19. The van der Waals surface area contributed by atoms with Gasteiger partial charge in [0.25, 0.3) is 5.91 Å². The number of carbonyl (C=O) groups is 1. The van der Waals surface area contributed by atoms with Gasteiger partial charge < -0.3 is 5.11 Å². The largest absolute Gasteiger partial charge is 0.506 e. The number of halogens is 1. The van der Waals surface area contributed by atoms with Crippen LogP contribution in [0.15, 0.2) is 58.4 Å². The van der Waals surface area contributed by atoms with E-state index >= 15 is 0 Å². The minimum Gasteiger partial charge on any atom is -0.506 e. The minimum atomic E-state index is -0.0880. The van der Waals surface area contributed by atoms with Gasteiger partial charge in [-0.3, -0.25) is 14.7 Å². The maximum atomic E-state index is 13.2. The Morgan fingerprint density at radius 3 is 2.57 bits per heavy atom. The molecule has 1 saturated carbocycles. The first-order valence-corrected chi connectivity index (χ1v) is 10.7. The van der Waals surface area contributed by atoms with E-state index in [4.69, 9.17) is 16.6 Å². The van der Waals surface area contributed by atoms with Gasteiger partial charge in [-0.2, -0.15) is 0 Å². The number of aromatic hydroxyl groups is 1. The van der Waals surface area contributed by atoms with Crippen molar-refractivity contribution < 1.29 is 9.90 Å². The number of thioether (sulfide) groups is 1. The number of aliphatic imine (C=N–C) groups is 1. The molecule has 1 heterocycles. The van der Waals surface area contributed by atoms with E-state index < -0.39 is 0 Å². The molecule has 0 radical (unpaired) electrons. The first kappa shape index (κ1) is 19.1. The Kier molecular flexibility index (Phi) is 5.74. The van der Waals surface area contributed by atoms with Crippen molar-refractivity contribution in [2.45, 2.75) is 38.1 Å². The lowest BCUT2D eigenvalue weighted by Crippen LogP contribution is -2.30. The highest BCUT2D eigenvalue weighted by Crippen LogP contribution is 2.37. The fourth-order valence-corrected chi connectivity index (χ4v) is 4.74. The Bertz CT molecular complexity index is 937. The molecule has 28 heavy (non-hydrogen) atoms. The molecule has 0 atom stereocenters. The van der Waals surface area contributed by atoms with Crippen molar-refractivity contribution in [1.29, 1.82) is 0 Å². The van der Waals surface area contributed by atoms with Crippen LogP contribution in [-0.4, -0.2) is 22.2 Å². The number of benzene rings is 2. The van der Waals surface area contributed by atoms with Crippen molar-refractivity contribution >= 4 is 46.2 Å². The van der Waals surface area contributed by atoms with Crippen LogP contribution in [0.1, 0.15) is 37.7 Å². The number of nitrogens with zero attached hydrogens (tertiary/aromatic N) is 2. The number of phenolic OH excluding ortho intramolecular Hbond substituents is 1. The van der Waals surface area contributed by atoms with Crippen molar-refractivity contribution in [3.8, 4) is 5.75 Å². The fourth-order valence-electron chi connectivity index (χ4n) is 3.50. The van der Waals surface area contributed by atoms with Gasteiger partial charge in [-0.25, -0.2) is 0 Å². The molecule has 0 aromatic heterocycles. The molecule has 1 amide bonds. The van der Waals surface area contributed by atoms with Gasteiger partial charge in [-0.15, -0.1) is 0 Å². The number of rotatable bonds is 3. The highest BCUT2D eigenvalue weighted by atomic mass is 35.5. The SMILES string of the molecule is O=C1/C(=C/c2ccc(O)c(Cl)c2)SC(=NC2CCCCC2)N1c1ccccc1. The summed E-state index contributed by atoms with van der Waals surface area (Å²) in [5.74, 6) is -0.0605. The summed E-state index contributed by atoms with van der Waals surface area (Å²) in [6.07, 6.45) is 7.61. The molecule has 1 N–H and O–H groups in total. The molecule has 2 aromatic rings.